The van der Waals surface area contributed by atoms with E-state index >= 15 is 0 Å². The van der Waals surface area contributed by atoms with Crippen LogP contribution in [0.4, 0.5) is 5.69 Å². The number of fused-ring (bicyclic) bond motifs is 1. The lowest BCUT2D eigenvalue weighted by Crippen LogP contribution is -2.41. The summed E-state index contributed by atoms with van der Waals surface area (Å²) in [6.07, 6.45) is 1.62. The fourth-order valence-electron chi connectivity index (χ4n) is 3.78. The van der Waals surface area contributed by atoms with Crippen LogP contribution in [-0.4, -0.2) is 29.8 Å². The molecule has 1 saturated heterocycles. The van der Waals surface area contributed by atoms with E-state index < -0.39 is 0 Å². The van der Waals surface area contributed by atoms with Gasteiger partial charge in [0.2, 0.25) is 11.8 Å². The second-order valence-electron chi connectivity index (χ2n) is 7.17. The maximum absolute atomic E-state index is 12.7. The Labute approximate surface area is 153 Å². The third-order valence-corrected chi connectivity index (χ3v) is 5.49. The molecule has 2 atom stereocenters. The Morgan fingerprint density at radius 3 is 2.42 bits per heavy atom. The number of para-hydroxylation sites is 1. The van der Waals surface area contributed by atoms with Crippen molar-refractivity contribution in [3.05, 3.63) is 54.6 Å². The van der Waals surface area contributed by atoms with Gasteiger partial charge in [0.05, 0.1) is 5.41 Å². The molecule has 5 heteroatoms. The Balaban J connectivity index is 1.36. The predicted molar refractivity (Wildman–Crippen MR) is 99.0 cm³/mol. The first-order valence-electron chi connectivity index (χ1n) is 8.97. The molecule has 134 valence electrons. The zero-order chi connectivity index (χ0) is 18.1. The van der Waals surface area contributed by atoms with Crippen molar-refractivity contribution in [1.29, 1.82) is 0 Å². The second kappa shape index (κ2) is 6.48. The maximum atomic E-state index is 12.7. The number of nitrogens with zero attached hydrogens (tertiary/aromatic N) is 1. The summed E-state index contributed by atoms with van der Waals surface area (Å²) in [5.74, 6) is 1.97. The van der Waals surface area contributed by atoms with Crippen LogP contribution in [0, 0.1) is 11.3 Å². The average Bonchev–Trinajstić information content (AvgIpc) is 3.39. The lowest BCUT2D eigenvalue weighted by molar-refractivity contribution is -0.132. The molecule has 2 amide bonds. The highest BCUT2D eigenvalue weighted by Gasteiger charge is 2.61. The van der Waals surface area contributed by atoms with E-state index in [9.17, 15) is 9.59 Å². The molecule has 0 spiro atoms. The number of nitrogens with one attached hydrogen (secondary N) is 1. The first-order chi connectivity index (χ1) is 12.6. The number of hydrogen-bond donors (Lipinski definition) is 1. The van der Waals surface area contributed by atoms with Crippen LogP contribution >= 0.6 is 0 Å². The van der Waals surface area contributed by atoms with Gasteiger partial charge in [0, 0.05) is 25.7 Å². The summed E-state index contributed by atoms with van der Waals surface area (Å²) < 4.78 is 5.77. The van der Waals surface area contributed by atoms with Gasteiger partial charge >= 0.3 is 0 Å². The molecule has 26 heavy (non-hydrogen) atoms. The first kappa shape index (κ1) is 16.6. The van der Waals surface area contributed by atoms with Crippen LogP contribution in [-0.2, 0) is 9.59 Å². The lowest BCUT2D eigenvalue weighted by atomic mass is 9.94. The summed E-state index contributed by atoms with van der Waals surface area (Å²) in [5.41, 5.74) is 0.481. The number of hydrogen-bond acceptors (Lipinski definition) is 3. The van der Waals surface area contributed by atoms with E-state index in [4.69, 9.17) is 4.74 Å². The molecule has 4 rings (SSSR count). The number of likely N-dealkylation sites (tertiary alicyclic amines) is 1. The van der Waals surface area contributed by atoms with Gasteiger partial charge in [-0.2, -0.15) is 0 Å². The van der Waals surface area contributed by atoms with E-state index in [0.29, 0.717) is 19.0 Å². The molecular formula is C21H22N2O3. The number of ether oxygens (including phenoxy) is 1. The highest BCUT2D eigenvalue weighted by molar-refractivity contribution is 5.98. The Morgan fingerprint density at radius 2 is 1.77 bits per heavy atom. The second-order valence-corrected chi connectivity index (χ2v) is 7.17. The topological polar surface area (TPSA) is 58.6 Å². The van der Waals surface area contributed by atoms with E-state index in [-0.39, 0.29) is 17.2 Å². The number of amides is 2. The molecule has 0 unspecified atom stereocenters. The number of benzene rings is 2. The van der Waals surface area contributed by atoms with E-state index in [1.165, 1.54) is 0 Å². The minimum atomic E-state index is -0.287. The summed E-state index contributed by atoms with van der Waals surface area (Å²) in [6.45, 7) is 2.96. The third kappa shape index (κ3) is 3.17. The smallest absolute Gasteiger partial charge is 0.231 e. The van der Waals surface area contributed by atoms with Gasteiger partial charge in [-0.05, 0) is 55.2 Å². The maximum Gasteiger partial charge on any atom is 0.231 e. The Hall–Kier alpha value is -2.82. The quantitative estimate of drug-likeness (QED) is 0.915. The van der Waals surface area contributed by atoms with Crippen molar-refractivity contribution in [3.8, 4) is 11.5 Å². The van der Waals surface area contributed by atoms with Gasteiger partial charge in [0.15, 0.2) is 0 Å². The highest BCUT2D eigenvalue weighted by Crippen LogP contribution is 2.58. The molecule has 1 N–H and O–H groups in total. The molecule has 1 heterocycles. The molecule has 2 aromatic carbocycles. The Kier molecular flexibility index (Phi) is 4.15. The third-order valence-electron chi connectivity index (χ3n) is 5.49. The largest absolute Gasteiger partial charge is 0.457 e. The molecule has 1 saturated carbocycles. The van der Waals surface area contributed by atoms with Crippen LogP contribution in [0.25, 0.3) is 0 Å². The summed E-state index contributed by atoms with van der Waals surface area (Å²) in [7, 11) is 0. The molecule has 2 aromatic rings. The fraction of sp³-hybridized carbons (Fsp3) is 0.333. The SMILES string of the molecule is CC(=O)N1CC[C@@]2(C(=O)Nc3ccc(Oc4ccccc4)cc3)C[C@H]2C1. The van der Waals surface area contributed by atoms with Crippen molar-refractivity contribution < 1.29 is 14.3 Å². The first-order valence-corrected chi connectivity index (χ1v) is 8.97. The van der Waals surface area contributed by atoms with E-state index in [1.807, 2.05) is 59.5 Å². The number of carbonyl (C=O) groups excluding carboxylic acids is 2. The van der Waals surface area contributed by atoms with Gasteiger partial charge in [0.25, 0.3) is 0 Å². The molecule has 2 aliphatic rings. The molecule has 0 radical (unpaired) electrons. The minimum Gasteiger partial charge on any atom is -0.457 e. The van der Waals surface area contributed by atoms with Crippen molar-refractivity contribution in [3.63, 3.8) is 0 Å². The van der Waals surface area contributed by atoms with Gasteiger partial charge in [-0.1, -0.05) is 18.2 Å². The van der Waals surface area contributed by atoms with Crippen molar-refractivity contribution in [1.82, 2.24) is 4.90 Å². The van der Waals surface area contributed by atoms with Gasteiger partial charge in [-0.15, -0.1) is 0 Å². The van der Waals surface area contributed by atoms with E-state index in [2.05, 4.69) is 5.32 Å². The van der Waals surface area contributed by atoms with E-state index in [0.717, 1.165) is 30.0 Å². The summed E-state index contributed by atoms with van der Waals surface area (Å²) in [4.78, 5) is 26.1. The summed E-state index contributed by atoms with van der Waals surface area (Å²) in [6, 6.07) is 17.0. The standard InChI is InChI=1S/C21H22N2O3/c1-15(24)23-12-11-21(13-16(21)14-23)20(25)22-17-7-9-19(10-8-17)26-18-5-3-2-4-6-18/h2-10,16H,11-14H2,1H3,(H,22,25)/t16-,21+/m0/s1. The normalized spacial score (nSPS) is 23.7. The van der Waals surface area contributed by atoms with Gasteiger partial charge in [0.1, 0.15) is 11.5 Å². The fourth-order valence-corrected chi connectivity index (χ4v) is 3.78. The van der Waals surface area contributed by atoms with Gasteiger partial charge in [-0.25, -0.2) is 0 Å². The lowest BCUT2D eigenvalue weighted by Gasteiger charge is -2.30. The van der Waals surface area contributed by atoms with Crippen molar-refractivity contribution in [2.75, 3.05) is 18.4 Å². The summed E-state index contributed by atoms with van der Waals surface area (Å²) >= 11 is 0. The van der Waals surface area contributed by atoms with Crippen LogP contribution in [0.3, 0.4) is 0 Å². The Bertz CT molecular complexity index is 819. The van der Waals surface area contributed by atoms with Gasteiger partial charge in [-0.3, -0.25) is 9.59 Å². The van der Waals surface area contributed by atoms with Crippen molar-refractivity contribution in [2.45, 2.75) is 19.8 Å². The van der Waals surface area contributed by atoms with Crippen LogP contribution < -0.4 is 10.1 Å². The molecule has 2 fully saturated rings. The molecule has 1 aliphatic carbocycles. The molecule has 5 nitrogen and oxygen atoms in total. The highest BCUT2D eigenvalue weighted by atomic mass is 16.5. The Morgan fingerprint density at radius 1 is 1.08 bits per heavy atom. The number of rotatable bonds is 4. The minimum absolute atomic E-state index is 0.0717. The van der Waals surface area contributed by atoms with Crippen LogP contribution in [0.15, 0.2) is 54.6 Å². The molecule has 0 aromatic heterocycles. The van der Waals surface area contributed by atoms with E-state index in [1.54, 1.807) is 6.92 Å². The molecule has 0 bridgehead atoms. The monoisotopic (exact) mass is 350 g/mol. The van der Waals surface area contributed by atoms with Crippen LogP contribution in [0.1, 0.15) is 19.8 Å². The molecular weight excluding hydrogens is 328 g/mol. The van der Waals surface area contributed by atoms with Crippen LogP contribution in [0.5, 0.6) is 11.5 Å². The number of piperidine rings is 1. The average molecular weight is 350 g/mol. The van der Waals surface area contributed by atoms with Crippen LogP contribution in [0.2, 0.25) is 0 Å². The van der Waals surface area contributed by atoms with Crippen molar-refractivity contribution in [2.24, 2.45) is 11.3 Å². The van der Waals surface area contributed by atoms with Gasteiger partial charge < -0.3 is 15.0 Å². The number of carbonyl (C=O) groups is 2. The zero-order valence-electron chi connectivity index (χ0n) is 14.8. The number of anilines is 1. The van der Waals surface area contributed by atoms with Crippen molar-refractivity contribution >= 4 is 17.5 Å². The zero-order valence-corrected chi connectivity index (χ0v) is 14.8. The summed E-state index contributed by atoms with van der Waals surface area (Å²) in [5, 5.41) is 3.03. The predicted octanol–water partition coefficient (Wildman–Crippen LogP) is 3.68. The molecule has 1 aliphatic heterocycles.